The third-order valence-corrected chi connectivity index (χ3v) is 9.57. The number of rotatable bonds is 39. The van der Waals surface area contributed by atoms with Gasteiger partial charge in [0.15, 0.2) is 6.10 Å². The van der Waals surface area contributed by atoms with Gasteiger partial charge in [0.2, 0.25) is 0 Å². The molecule has 0 bridgehead atoms. The molecule has 12 heteroatoms. The van der Waals surface area contributed by atoms with Crippen molar-refractivity contribution in [1.29, 1.82) is 0 Å². The molecule has 0 aliphatic rings. The summed E-state index contributed by atoms with van der Waals surface area (Å²) in [6.45, 7) is 2.65. The van der Waals surface area contributed by atoms with Crippen molar-refractivity contribution in [2.75, 3.05) is 19.8 Å². The Morgan fingerprint density at radius 2 is 0.914 bits per heavy atom. The van der Waals surface area contributed by atoms with Crippen molar-refractivity contribution in [3.8, 4) is 0 Å². The van der Waals surface area contributed by atoms with Gasteiger partial charge in [0, 0.05) is 12.8 Å². The number of hydrogen-bond acceptors (Lipinski definition) is 9. The number of carboxylic acids is 1. The van der Waals surface area contributed by atoms with Crippen LogP contribution >= 0.6 is 7.82 Å². The maximum Gasteiger partial charge on any atom is 0.472 e. The molecule has 0 radical (unpaired) electrons. The molecule has 11 nitrogen and oxygen atoms in total. The fourth-order valence-corrected chi connectivity index (χ4v) is 5.95. The zero-order chi connectivity index (χ0) is 42.8. The fraction of sp³-hybridized carbons (Fsp3) is 0.630. The van der Waals surface area contributed by atoms with Gasteiger partial charge in [-0.2, -0.15) is 0 Å². The van der Waals surface area contributed by atoms with Gasteiger partial charge in [-0.25, -0.2) is 4.57 Å². The molecule has 0 aliphatic carbocycles. The minimum Gasteiger partial charge on any atom is -0.480 e. The van der Waals surface area contributed by atoms with E-state index in [9.17, 15) is 23.8 Å². The SMILES string of the molecule is CCCCC/C=C/C/C=C/C/C=C/C/C=C/CCCCCC(=O)O[C@H](COC(=O)CCCC/C=C/C/C=C/C/C=C/CCCCC)COP(=O)(O)OC[C@H](N)C(=O)O. The van der Waals surface area contributed by atoms with E-state index in [4.69, 9.17) is 24.8 Å². The van der Waals surface area contributed by atoms with E-state index in [0.717, 1.165) is 70.6 Å². The van der Waals surface area contributed by atoms with Crippen molar-refractivity contribution < 1.29 is 47.5 Å². The highest BCUT2D eigenvalue weighted by Gasteiger charge is 2.28. The largest absolute Gasteiger partial charge is 0.480 e. The third-order valence-electron chi connectivity index (χ3n) is 8.62. The van der Waals surface area contributed by atoms with Gasteiger partial charge in [0.05, 0.1) is 13.2 Å². The van der Waals surface area contributed by atoms with Gasteiger partial charge in [-0.1, -0.05) is 131 Å². The van der Waals surface area contributed by atoms with Crippen molar-refractivity contribution in [3.63, 3.8) is 0 Å². The number of carboxylic acid groups (broad SMARTS) is 1. The highest BCUT2D eigenvalue weighted by atomic mass is 31.2. The predicted molar refractivity (Wildman–Crippen MR) is 235 cm³/mol. The average Bonchev–Trinajstić information content (AvgIpc) is 3.20. The summed E-state index contributed by atoms with van der Waals surface area (Å²) in [7, 11) is -4.74. The van der Waals surface area contributed by atoms with Crippen LogP contribution in [0.2, 0.25) is 0 Å². The summed E-state index contributed by atoms with van der Waals surface area (Å²) in [5.74, 6) is -2.48. The first-order valence-corrected chi connectivity index (χ1v) is 23.1. The first kappa shape index (κ1) is 54.7. The molecule has 4 N–H and O–H groups in total. The zero-order valence-electron chi connectivity index (χ0n) is 35.6. The van der Waals surface area contributed by atoms with E-state index in [1.54, 1.807) is 0 Å². The lowest BCUT2D eigenvalue weighted by Gasteiger charge is -2.20. The van der Waals surface area contributed by atoms with Gasteiger partial charge in [-0.3, -0.25) is 23.4 Å². The molecule has 3 atom stereocenters. The lowest BCUT2D eigenvalue weighted by atomic mass is 10.1. The van der Waals surface area contributed by atoms with Crippen molar-refractivity contribution in [2.45, 2.75) is 167 Å². The summed E-state index contributed by atoms with van der Waals surface area (Å²) in [4.78, 5) is 45.9. The number of phosphoric ester groups is 1. The summed E-state index contributed by atoms with van der Waals surface area (Å²) in [6, 6.07) is -1.54. The van der Waals surface area contributed by atoms with Crippen LogP contribution in [0.15, 0.2) is 85.1 Å². The maximum absolute atomic E-state index is 12.6. The fourth-order valence-electron chi connectivity index (χ4n) is 5.17. The number of carbonyl (C=O) groups excluding carboxylic acids is 2. The Labute approximate surface area is 350 Å². The maximum atomic E-state index is 12.6. The molecule has 0 heterocycles. The van der Waals surface area contributed by atoms with Gasteiger partial charge < -0.3 is 25.2 Å². The Bertz CT molecular complexity index is 1300. The Kier molecular flexibility index (Phi) is 38.1. The van der Waals surface area contributed by atoms with E-state index < -0.39 is 51.1 Å². The lowest BCUT2D eigenvalue weighted by molar-refractivity contribution is -0.161. The average molecular weight is 834 g/mol. The summed E-state index contributed by atoms with van der Waals surface area (Å²) >= 11 is 0. The van der Waals surface area contributed by atoms with Crippen LogP contribution in [0.4, 0.5) is 0 Å². The Morgan fingerprint density at radius 1 is 0.534 bits per heavy atom. The number of unbranched alkanes of at least 4 members (excludes halogenated alkanes) is 11. The van der Waals surface area contributed by atoms with E-state index in [0.29, 0.717) is 12.8 Å². The van der Waals surface area contributed by atoms with E-state index in [1.165, 1.54) is 44.9 Å². The van der Waals surface area contributed by atoms with E-state index in [2.05, 4.69) is 103 Å². The van der Waals surface area contributed by atoms with Gasteiger partial charge in [-0.05, 0) is 96.3 Å². The normalized spacial score (nSPS) is 14.6. The number of aliphatic carboxylic acids is 1. The molecular formula is C46H76NO10P. The van der Waals surface area contributed by atoms with Crippen LogP contribution in [0.3, 0.4) is 0 Å². The van der Waals surface area contributed by atoms with Crippen molar-refractivity contribution in [1.82, 2.24) is 0 Å². The highest BCUT2D eigenvalue weighted by molar-refractivity contribution is 7.47. The minimum atomic E-state index is -4.74. The minimum absolute atomic E-state index is 0.110. The molecule has 0 saturated carbocycles. The zero-order valence-corrected chi connectivity index (χ0v) is 36.5. The topological polar surface area (TPSA) is 172 Å². The van der Waals surface area contributed by atoms with Crippen LogP contribution in [0.25, 0.3) is 0 Å². The van der Waals surface area contributed by atoms with Crippen LogP contribution in [0.1, 0.15) is 155 Å². The smallest absolute Gasteiger partial charge is 0.472 e. The molecule has 0 rings (SSSR count). The Balaban J connectivity index is 4.52. The summed E-state index contributed by atoms with van der Waals surface area (Å²) in [5, 5.41) is 8.89. The molecule has 0 fully saturated rings. The molecule has 1 unspecified atom stereocenters. The van der Waals surface area contributed by atoms with Crippen LogP contribution in [0, 0.1) is 0 Å². The molecule has 0 spiro atoms. The van der Waals surface area contributed by atoms with Crippen LogP contribution < -0.4 is 5.73 Å². The molecule has 58 heavy (non-hydrogen) atoms. The molecule has 0 aromatic carbocycles. The van der Waals surface area contributed by atoms with Crippen molar-refractivity contribution >= 4 is 25.7 Å². The molecule has 0 aromatic rings. The van der Waals surface area contributed by atoms with Gasteiger partial charge in [-0.15, -0.1) is 0 Å². The Morgan fingerprint density at radius 3 is 1.36 bits per heavy atom. The standard InChI is InChI=1S/C46H76NO10P/c1-3-5-7-9-11-13-15-17-19-20-21-22-24-26-28-30-32-34-36-38-45(49)57-42(40-55-58(52,53)56-41-43(47)46(50)51)39-54-44(48)37-35-33-31-29-27-25-23-18-16-14-12-10-8-6-4-2/h11-14,17-19,21-23,26-29,42-43H,3-10,15-16,20,24-25,30-41,47H2,1-2H3,(H,50,51)(H,52,53)/b13-11+,14-12+,19-17+,22-21+,23-18+,28-26+,29-27+/t42-,43+/m1/s1. The molecule has 0 aliphatic heterocycles. The van der Waals surface area contributed by atoms with Crippen LogP contribution in [0.5, 0.6) is 0 Å². The number of hydrogen-bond donors (Lipinski definition) is 3. The van der Waals surface area contributed by atoms with Crippen molar-refractivity contribution in [3.05, 3.63) is 85.1 Å². The second-order valence-electron chi connectivity index (χ2n) is 14.1. The summed E-state index contributed by atoms with van der Waals surface area (Å²) in [6.07, 6.45) is 49.3. The van der Waals surface area contributed by atoms with Crippen molar-refractivity contribution in [2.24, 2.45) is 5.73 Å². The first-order valence-electron chi connectivity index (χ1n) is 21.6. The Hall–Kier alpha value is -3.34. The van der Waals surface area contributed by atoms with E-state index in [-0.39, 0.29) is 19.4 Å². The molecule has 0 saturated heterocycles. The first-order chi connectivity index (χ1) is 28.1. The van der Waals surface area contributed by atoms with Crippen LogP contribution in [-0.2, 0) is 37.5 Å². The number of ether oxygens (including phenoxy) is 2. The monoisotopic (exact) mass is 834 g/mol. The van der Waals surface area contributed by atoms with Gasteiger partial charge in [0.25, 0.3) is 0 Å². The third kappa shape index (κ3) is 39.5. The predicted octanol–water partition coefficient (Wildman–Crippen LogP) is 11.5. The summed E-state index contributed by atoms with van der Waals surface area (Å²) in [5.41, 5.74) is 5.33. The lowest BCUT2D eigenvalue weighted by Crippen LogP contribution is -2.34. The second kappa shape index (κ2) is 40.4. The molecule has 0 aromatic heterocycles. The number of allylic oxidation sites excluding steroid dienone is 14. The van der Waals surface area contributed by atoms with Gasteiger partial charge >= 0.3 is 25.7 Å². The number of carbonyl (C=O) groups is 3. The van der Waals surface area contributed by atoms with E-state index in [1.807, 2.05) is 0 Å². The number of phosphoric acid groups is 1. The quantitative estimate of drug-likeness (QED) is 0.0233. The van der Waals surface area contributed by atoms with Crippen LogP contribution in [-0.4, -0.2) is 59.9 Å². The highest BCUT2D eigenvalue weighted by Crippen LogP contribution is 2.43. The molecular weight excluding hydrogens is 757 g/mol. The molecule has 0 amide bonds. The summed E-state index contributed by atoms with van der Waals surface area (Å²) < 4.78 is 32.6. The number of nitrogens with two attached hydrogens (primary N) is 1. The second-order valence-corrected chi connectivity index (χ2v) is 15.6. The number of esters is 2. The van der Waals surface area contributed by atoms with E-state index >= 15 is 0 Å². The molecule has 330 valence electrons. The van der Waals surface area contributed by atoms with Gasteiger partial charge in [0.1, 0.15) is 12.6 Å².